The molecule has 0 saturated heterocycles. The van der Waals surface area contributed by atoms with Crippen molar-refractivity contribution in [3.05, 3.63) is 40.8 Å². The maximum atomic E-state index is 11.0. The fourth-order valence-electron chi connectivity index (χ4n) is 1.38. The molecular formula is C12H12O5. The van der Waals surface area contributed by atoms with Gasteiger partial charge in [-0.05, 0) is 18.2 Å². The van der Waals surface area contributed by atoms with Gasteiger partial charge >= 0.3 is 5.63 Å². The Morgan fingerprint density at radius 1 is 1.29 bits per heavy atom. The molecule has 0 bridgehead atoms. The fraction of sp³-hybridized carbons (Fsp3) is 0.250. The van der Waals surface area contributed by atoms with Crippen molar-refractivity contribution in [1.29, 1.82) is 0 Å². The molecular weight excluding hydrogens is 224 g/mol. The van der Waals surface area contributed by atoms with Crippen molar-refractivity contribution in [3.8, 4) is 5.75 Å². The quantitative estimate of drug-likeness (QED) is 0.757. The molecule has 5 nitrogen and oxygen atoms in total. The standard InChI is InChI=1S/C12H12O5/c13-6-9(14)7-16-10-3-1-8-2-4-12(15)17-11(8)5-10/h1-5,9,13-14H,6-7H2/t9-/m0/s1. The average Bonchev–Trinajstić information content (AvgIpc) is 2.35. The molecule has 0 radical (unpaired) electrons. The lowest BCUT2D eigenvalue weighted by Gasteiger charge is -2.09. The first-order valence-corrected chi connectivity index (χ1v) is 5.14. The Bertz CT molecular complexity index is 560. The largest absolute Gasteiger partial charge is 0.491 e. The Hall–Kier alpha value is -1.85. The molecule has 1 aromatic heterocycles. The number of hydrogen-bond acceptors (Lipinski definition) is 5. The van der Waals surface area contributed by atoms with Gasteiger partial charge in [0.2, 0.25) is 0 Å². The van der Waals surface area contributed by atoms with Gasteiger partial charge in [0.25, 0.3) is 0 Å². The molecule has 1 atom stereocenters. The van der Waals surface area contributed by atoms with E-state index in [4.69, 9.17) is 19.4 Å². The molecule has 0 unspecified atom stereocenters. The van der Waals surface area contributed by atoms with Crippen molar-refractivity contribution in [3.63, 3.8) is 0 Å². The monoisotopic (exact) mass is 236 g/mol. The first kappa shape index (κ1) is 11.6. The molecule has 1 heterocycles. The number of ether oxygens (including phenoxy) is 1. The van der Waals surface area contributed by atoms with Gasteiger partial charge in [0.1, 0.15) is 24.0 Å². The maximum Gasteiger partial charge on any atom is 0.336 e. The van der Waals surface area contributed by atoms with E-state index in [2.05, 4.69) is 0 Å². The second-order valence-electron chi connectivity index (χ2n) is 3.60. The van der Waals surface area contributed by atoms with Crippen LogP contribution in [0.4, 0.5) is 0 Å². The first-order chi connectivity index (χ1) is 8.19. The Kier molecular flexibility index (Phi) is 3.41. The highest BCUT2D eigenvalue weighted by molar-refractivity contribution is 5.77. The highest BCUT2D eigenvalue weighted by atomic mass is 16.5. The van der Waals surface area contributed by atoms with Crippen molar-refractivity contribution in [2.45, 2.75) is 6.10 Å². The van der Waals surface area contributed by atoms with E-state index < -0.39 is 11.7 Å². The lowest BCUT2D eigenvalue weighted by Crippen LogP contribution is -2.21. The molecule has 1 aromatic carbocycles. The topological polar surface area (TPSA) is 79.9 Å². The van der Waals surface area contributed by atoms with E-state index in [1.807, 2.05) is 0 Å². The summed E-state index contributed by atoms with van der Waals surface area (Å²) < 4.78 is 10.2. The van der Waals surface area contributed by atoms with E-state index in [0.29, 0.717) is 11.3 Å². The zero-order valence-electron chi connectivity index (χ0n) is 9.00. The molecule has 0 spiro atoms. The number of aliphatic hydroxyl groups is 2. The molecule has 90 valence electrons. The molecule has 2 N–H and O–H groups in total. The first-order valence-electron chi connectivity index (χ1n) is 5.14. The van der Waals surface area contributed by atoms with Gasteiger partial charge in [0.15, 0.2) is 0 Å². The van der Waals surface area contributed by atoms with Gasteiger partial charge < -0.3 is 19.4 Å². The summed E-state index contributed by atoms with van der Waals surface area (Å²) in [5.74, 6) is 0.472. The van der Waals surface area contributed by atoms with Crippen LogP contribution in [-0.4, -0.2) is 29.5 Å². The predicted molar refractivity (Wildman–Crippen MR) is 61.1 cm³/mol. The predicted octanol–water partition coefficient (Wildman–Crippen LogP) is 0.525. The highest BCUT2D eigenvalue weighted by Gasteiger charge is 2.04. The van der Waals surface area contributed by atoms with Crippen molar-refractivity contribution >= 4 is 11.0 Å². The third-order valence-corrected chi connectivity index (χ3v) is 2.25. The second kappa shape index (κ2) is 4.99. The van der Waals surface area contributed by atoms with Gasteiger partial charge in [-0.1, -0.05) is 0 Å². The van der Waals surface area contributed by atoms with Gasteiger partial charge in [-0.3, -0.25) is 0 Å². The molecule has 2 rings (SSSR count). The maximum absolute atomic E-state index is 11.0. The average molecular weight is 236 g/mol. The summed E-state index contributed by atoms with van der Waals surface area (Å²) in [6, 6.07) is 8.03. The van der Waals surface area contributed by atoms with Crippen LogP contribution in [0.2, 0.25) is 0 Å². The van der Waals surface area contributed by atoms with Crippen molar-refractivity contribution in [2.24, 2.45) is 0 Å². The van der Waals surface area contributed by atoms with Crippen LogP contribution < -0.4 is 10.4 Å². The van der Waals surface area contributed by atoms with E-state index in [9.17, 15) is 4.79 Å². The number of benzene rings is 1. The summed E-state index contributed by atoms with van der Waals surface area (Å²) in [4.78, 5) is 11.0. The summed E-state index contributed by atoms with van der Waals surface area (Å²) in [6.45, 7) is -0.373. The lowest BCUT2D eigenvalue weighted by molar-refractivity contribution is 0.0536. The summed E-state index contributed by atoms with van der Waals surface area (Å²) >= 11 is 0. The smallest absolute Gasteiger partial charge is 0.336 e. The number of rotatable bonds is 4. The second-order valence-corrected chi connectivity index (χ2v) is 3.60. The van der Waals surface area contributed by atoms with E-state index in [1.165, 1.54) is 6.07 Å². The van der Waals surface area contributed by atoms with Crippen molar-refractivity contribution < 1.29 is 19.4 Å². The SMILES string of the molecule is O=c1ccc2ccc(OC[C@@H](O)CO)cc2o1. The number of aliphatic hydroxyl groups excluding tert-OH is 2. The van der Waals surface area contributed by atoms with Crippen LogP contribution in [0.5, 0.6) is 5.75 Å². The van der Waals surface area contributed by atoms with E-state index in [-0.39, 0.29) is 13.2 Å². The Labute approximate surface area is 96.9 Å². The summed E-state index contributed by atoms with van der Waals surface area (Å²) in [6.07, 6.45) is -0.923. The zero-order valence-corrected chi connectivity index (χ0v) is 9.00. The van der Waals surface area contributed by atoms with Crippen LogP contribution in [0.15, 0.2) is 39.5 Å². The van der Waals surface area contributed by atoms with Gasteiger partial charge in [-0.15, -0.1) is 0 Å². The highest BCUT2D eigenvalue weighted by Crippen LogP contribution is 2.19. The minimum Gasteiger partial charge on any atom is -0.491 e. The molecule has 0 saturated carbocycles. The third kappa shape index (κ3) is 2.83. The molecule has 0 aliphatic carbocycles. The van der Waals surface area contributed by atoms with Gasteiger partial charge in [-0.2, -0.15) is 0 Å². The molecule has 0 aliphatic heterocycles. The van der Waals surface area contributed by atoms with E-state index in [1.54, 1.807) is 24.3 Å². The third-order valence-electron chi connectivity index (χ3n) is 2.25. The van der Waals surface area contributed by atoms with Gasteiger partial charge in [-0.25, -0.2) is 4.79 Å². The Morgan fingerprint density at radius 3 is 2.82 bits per heavy atom. The Balaban J connectivity index is 2.22. The Morgan fingerprint density at radius 2 is 2.06 bits per heavy atom. The number of fused-ring (bicyclic) bond motifs is 1. The van der Waals surface area contributed by atoms with E-state index in [0.717, 1.165) is 5.39 Å². The normalized spacial score (nSPS) is 12.6. The van der Waals surface area contributed by atoms with Crippen molar-refractivity contribution in [1.82, 2.24) is 0 Å². The fourth-order valence-corrected chi connectivity index (χ4v) is 1.38. The van der Waals surface area contributed by atoms with Gasteiger partial charge in [0.05, 0.1) is 6.61 Å². The summed E-state index contributed by atoms with van der Waals surface area (Å²) in [5, 5.41) is 18.6. The summed E-state index contributed by atoms with van der Waals surface area (Å²) in [7, 11) is 0. The number of hydrogen-bond donors (Lipinski definition) is 2. The van der Waals surface area contributed by atoms with Crippen molar-refractivity contribution in [2.75, 3.05) is 13.2 Å². The molecule has 0 fully saturated rings. The zero-order chi connectivity index (χ0) is 12.3. The molecule has 0 amide bonds. The summed E-state index contributed by atoms with van der Waals surface area (Å²) in [5.41, 5.74) is -0.00136. The minimum absolute atomic E-state index is 0.0148. The van der Waals surface area contributed by atoms with Crippen LogP contribution in [-0.2, 0) is 0 Å². The molecule has 2 aromatic rings. The molecule has 0 aliphatic rings. The van der Waals surface area contributed by atoms with Gasteiger partial charge in [0, 0.05) is 17.5 Å². The molecule has 17 heavy (non-hydrogen) atoms. The molecule has 5 heteroatoms. The van der Waals surface area contributed by atoms with Crippen LogP contribution in [0.1, 0.15) is 0 Å². The lowest BCUT2D eigenvalue weighted by atomic mass is 10.2. The van der Waals surface area contributed by atoms with Crippen LogP contribution in [0, 0.1) is 0 Å². The van der Waals surface area contributed by atoms with Crippen LogP contribution in [0.3, 0.4) is 0 Å². The van der Waals surface area contributed by atoms with Crippen LogP contribution >= 0.6 is 0 Å². The van der Waals surface area contributed by atoms with E-state index >= 15 is 0 Å². The minimum atomic E-state index is -0.923. The van der Waals surface area contributed by atoms with Crippen LogP contribution in [0.25, 0.3) is 11.0 Å².